The van der Waals surface area contributed by atoms with E-state index >= 15 is 0 Å². The number of nitrogens with two attached hydrogens (primary N) is 1. The maximum atomic E-state index is 11.1. The second kappa shape index (κ2) is 7.65. The standard InChI is InChI=1S/C10H17N3OS2/c1-2-4-12-8(9(11)14)3-6-15-10-13-5-7-16-10/h5,7-8,12H,2-4,6H2,1H3,(H2,11,14). The van der Waals surface area contributed by atoms with E-state index in [4.69, 9.17) is 5.73 Å². The van der Waals surface area contributed by atoms with Gasteiger partial charge in [0.15, 0.2) is 0 Å². The van der Waals surface area contributed by atoms with Crippen molar-refractivity contribution in [3.63, 3.8) is 0 Å². The molecular formula is C10H17N3OS2. The van der Waals surface area contributed by atoms with E-state index in [-0.39, 0.29) is 11.9 Å². The molecule has 0 aliphatic rings. The van der Waals surface area contributed by atoms with Gasteiger partial charge in [-0.05, 0) is 19.4 Å². The van der Waals surface area contributed by atoms with Crippen LogP contribution in [0.15, 0.2) is 15.9 Å². The van der Waals surface area contributed by atoms with Gasteiger partial charge in [0.05, 0.1) is 6.04 Å². The zero-order valence-corrected chi connectivity index (χ0v) is 10.9. The number of nitrogens with one attached hydrogen (secondary N) is 1. The first-order valence-electron chi connectivity index (χ1n) is 5.29. The van der Waals surface area contributed by atoms with E-state index in [0.29, 0.717) is 0 Å². The Morgan fingerprint density at radius 3 is 3.12 bits per heavy atom. The Balaban J connectivity index is 2.24. The Labute approximate surface area is 104 Å². The van der Waals surface area contributed by atoms with Crippen molar-refractivity contribution in [2.45, 2.75) is 30.1 Å². The van der Waals surface area contributed by atoms with E-state index in [1.165, 1.54) is 0 Å². The molecule has 90 valence electrons. The molecule has 0 spiro atoms. The van der Waals surface area contributed by atoms with E-state index in [1.807, 2.05) is 5.38 Å². The van der Waals surface area contributed by atoms with Gasteiger partial charge in [-0.2, -0.15) is 0 Å². The van der Waals surface area contributed by atoms with Gasteiger partial charge < -0.3 is 11.1 Å². The fraction of sp³-hybridized carbons (Fsp3) is 0.600. The Bertz CT molecular complexity index is 303. The molecule has 1 amide bonds. The summed E-state index contributed by atoms with van der Waals surface area (Å²) in [4.78, 5) is 15.3. The summed E-state index contributed by atoms with van der Waals surface area (Å²) in [5.74, 6) is 0.589. The maximum Gasteiger partial charge on any atom is 0.234 e. The summed E-state index contributed by atoms with van der Waals surface area (Å²) in [6.45, 7) is 2.89. The van der Waals surface area contributed by atoms with Crippen molar-refractivity contribution in [2.24, 2.45) is 5.73 Å². The molecule has 0 fully saturated rings. The van der Waals surface area contributed by atoms with Gasteiger partial charge in [0, 0.05) is 17.3 Å². The summed E-state index contributed by atoms with van der Waals surface area (Å²) in [5, 5.41) is 5.09. The van der Waals surface area contributed by atoms with Gasteiger partial charge in [0.1, 0.15) is 4.34 Å². The highest BCUT2D eigenvalue weighted by molar-refractivity contribution is 8.00. The molecule has 1 atom stereocenters. The predicted octanol–water partition coefficient (Wildman–Crippen LogP) is 1.48. The van der Waals surface area contributed by atoms with Gasteiger partial charge >= 0.3 is 0 Å². The van der Waals surface area contributed by atoms with Crippen LogP contribution in [0, 0.1) is 0 Å². The third-order valence-corrected chi connectivity index (χ3v) is 4.03. The van der Waals surface area contributed by atoms with Crippen molar-refractivity contribution >= 4 is 29.0 Å². The molecule has 16 heavy (non-hydrogen) atoms. The fourth-order valence-corrected chi connectivity index (χ4v) is 2.92. The minimum absolute atomic E-state index is 0.215. The summed E-state index contributed by atoms with van der Waals surface area (Å²) in [5.41, 5.74) is 5.31. The zero-order chi connectivity index (χ0) is 11.8. The van der Waals surface area contributed by atoms with Crippen LogP contribution in [0.25, 0.3) is 0 Å². The zero-order valence-electron chi connectivity index (χ0n) is 9.31. The molecule has 6 heteroatoms. The molecule has 0 aliphatic carbocycles. The average molecular weight is 259 g/mol. The molecule has 1 aromatic heterocycles. The number of rotatable bonds is 8. The van der Waals surface area contributed by atoms with E-state index in [1.54, 1.807) is 29.3 Å². The Morgan fingerprint density at radius 2 is 2.56 bits per heavy atom. The number of nitrogens with zero attached hydrogens (tertiary/aromatic N) is 1. The second-order valence-corrected chi connectivity index (χ2v) is 5.58. The molecule has 3 N–H and O–H groups in total. The van der Waals surface area contributed by atoms with Crippen molar-refractivity contribution in [3.05, 3.63) is 11.6 Å². The number of hydrogen-bond donors (Lipinski definition) is 2. The highest BCUT2D eigenvalue weighted by atomic mass is 32.2. The van der Waals surface area contributed by atoms with Crippen molar-refractivity contribution in [1.29, 1.82) is 0 Å². The topological polar surface area (TPSA) is 68.0 Å². The molecule has 4 nitrogen and oxygen atoms in total. The van der Waals surface area contributed by atoms with Crippen molar-refractivity contribution in [1.82, 2.24) is 10.3 Å². The Morgan fingerprint density at radius 1 is 1.75 bits per heavy atom. The largest absolute Gasteiger partial charge is 0.368 e. The number of thiazole rings is 1. The molecule has 0 aromatic carbocycles. The van der Waals surface area contributed by atoms with Gasteiger partial charge in [-0.1, -0.05) is 18.7 Å². The van der Waals surface area contributed by atoms with Crippen LogP contribution < -0.4 is 11.1 Å². The average Bonchev–Trinajstić information content (AvgIpc) is 2.75. The minimum atomic E-state index is -0.270. The number of carbonyl (C=O) groups excluding carboxylic acids is 1. The van der Waals surface area contributed by atoms with E-state index in [2.05, 4.69) is 17.2 Å². The summed E-state index contributed by atoms with van der Waals surface area (Å²) >= 11 is 3.28. The number of aromatic nitrogens is 1. The highest BCUT2D eigenvalue weighted by Crippen LogP contribution is 2.21. The van der Waals surface area contributed by atoms with Gasteiger partial charge in [-0.15, -0.1) is 11.3 Å². The molecule has 1 aromatic rings. The number of amides is 1. The van der Waals surface area contributed by atoms with Crippen LogP contribution in [0.4, 0.5) is 0 Å². The summed E-state index contributed by atoms with van der Waals surface area (Å²) < 4.78 is 1.04. The van der Waals surface area contributed by atoms with Crippen molar-refractivity contribution < 1.29 is 4.79 Å². The first kappa shape index (κ1) is 13.5. The summed E-state index contributed by atoms with van der Waals surface area (Å²) in [6, 6.07) is -0.215. The molecule has 0 aliphatic heterocycles. The van der Waals surface area contributed by atoms with Crippen LogP contribution in [0.5, 0.6) is 0 Å². The maximum absolute atomic E-state index is 11.1. The molecule has 1 rings (SSSR count). The summed E-state index contributed by atoms with van der Waals surface area (Å²) in [6.07, 6.45) is 3.54. The number of hydrogen-bond acceptors (Lipinski definition) is 5. The van der Waals surface area contributed by atoms with Crippen LogP contribution in [0.1, 0.15) is 19.8 Å². The third-order valence-electron chi connectivity index (χ3n) is 2.03. The quantitative estimate of drug-likeness (QED) is 0.694. The van der Waals surface area contributed by atoms with Crippen molar-refractivity contribution in [2.75, 3.05) is 12.3 Å². The van der Waals surface area contributed by atoms with Gasteiger partial charge in [0.25, 0.3) is 0 Å². The van der Waals surface area contributed by atoms with Gasteiger partial charge in [-0.3, -0.25) is 4.79 Å². The fourth-order valence-electron chi connectivity index (χ4n) is 1.21. The Kier molecular flexibility index (Phi) is 6.44. The van der Waals surface area contributed by atoms with Crippen LogP contribution in [-0.4, -0.2) is 29.2 Å². The smallest absolute Gasteiger partial charge is 0.234 e. The lowest BCUT2D eigenvalue weighted by Crippen LogP contribution is -2.41. The number of primary amides is 1. The van der Waals surface area contributed by atoms with E-state index in [0.717, 1.165) is 29.5 Å². The first-order chi connectivity index (χ1) is 7.74. The van der Waals surface area contributed by atoms with Crippen molar-refractivity contribution in [3.8, 4) is 0 Å². The lowest BCUT2D eigenvalue weighted by molar-refractivity contribution is -0.120. The minimum Gasteiger partial charge on any atom is -0.368 e. The van der Waals surface area contributed by atoms with Crippen LogP contribution in [0.2, 0.25) is 0 Å². The SMILES string of the molecule is CCCNC(CCSc1nccs1)C(N)=O. The number of thioether (sulfide) groups is 1. The van der Waals surface area contributed by atoms with Gasteiger partial charge in [0.2, 0.25) is 5.91 Å². The van der Waals surface area contributed by atoms with E-state index in [9.17, 15) is 4.79 Å². The van der Waals surface area contributed by atoms with Crippen LogP contribution in [-0.2, 0) is 4.79 Å². The molecule has 1 unspecified atom stereocenters. The van der Waals surface area contributed by atoms with Crippen LogP contribution >= 0.6 is 23.1 Å². The normalized spacial score (nSPS) is 12.6. The molecule has 0 radical (unpaired) electrons. The molecular weight excluding hydrogens is 242 g/mol. The highest BCUT2D eigenvalue weighted by Gasteiger charge is 2.13. The lowest BCUT2D eigenvalue weighted by Gasteiger charge is -2.13. The molecule has 1 heterocycles. The van der Waals surface area contributed by atoms with Crippen LogP contribution in [0.3, 0.4) is 0 Å². The number of carbonyl (C=O) groups is 1. The monoisotopic (exact) mass is 259 g/mol. The first-order valence-corrected chi connectivity index (χ1v) is 7.15. The second-order valence-electron chi connectivity index (χ2n) is 3.34. The third kappa shape index (κ3) is 4.96. The molecule has 0 bridgehead atoms. The molecule has 0 saturated heterocycles. The predicted molar refractivity (Wildman–Crippen MR) is 68.7 cm³/mol. The lowest BCUT2D eigenvalue weighted by atomic mass is 10.2. The van der Waals surface area contributed by atoms with E-state index < -0.39 is 0 Å². The molecule has 0 saturated carbocycles. The van der Waals surface area contributed by atoms with Gasteiger partial charge in [-0.25, -0.2) is 4.98 Å². The summed E-state index contributed by atoms with van der Waals surface area (Å²) in [7, 11) is 0. The Hall–Kier alpha value is -0.590.